The zero-order valence-corrected chi connectivity index (χ0v) is 14.6. The molecular formula is C14H17Cl2N5OS. The SMILES string of the molecule is Nc1nnc(N2CCC(C(N)c3cc(Cl)c(Cl)cc3O)CC2)s1. The molecule has 1 unspecified atom stereocenters. The largest absolute Gasteiger partial charge is 0.508 e. The smallest absolute Gasteiger partial charge is 0.209 e. The van der Waals surface area contributed by atoms with Gasteiger partial charge in [-0.05, 0) is 24.8 Å². The van der Waals surface area contributed by atoms with E-state index in [1.54, 1.807) is 6.07 Å². The van der Waals surface area contributed by atoms with Crippen molar-refractivity contribution in [2.45, 2.75) is 18.9 Å². The minimum Gasteiger partial charge on any atom is -0.508 e. The van der Waals surface area contributed by atoms with Gasteiger partial charge < -0.3 is 21.5 Å². The van der Waals surface area contributed by atoms with Gasteiger partial charge in [0.05, 0.1) is 10.0 Å². The van der Waals surface area contributed by atoms with Gasteiger partial charge in [-0.2, -0.15) is 0 Å². The normalized spacial score (nSPS) is 17.4. The molecule has 1 fully saturated rings. The van der Waals surface area contributed by atoms with Crippen LogP contribution in [0.1, 0.15) is 24.4 Å². The van der Waals surface area contributed by atoms with E-state index in [0.717, 1.165) is 31.1 Å². The summed E-state index contributed by atoms with van der Waals surface area (Å²) < 4.78 is 0. The van der Waals surface area contributed by atoms with Gasteiger partial charge in [0.1, 0.15) is 5.75 Å². The van der Waals surface area contributed by atoms with E-state index in [2.05, 4.69) is 15.1 Å². The number of anilines is 2. The fourth-order valence-electron chi connectivity index (χ4n) is 2.88. The third kappa shape index (κ3) is 3.47. The van der Waals surface area contributed by atoms with E-state index >= 15 is 0 Å². The summed E-state index contributed by atoms with van der Waals surface area (Å²) in [6.07, 6.45) is 1.78. The van der Waals surface area contributed by atoms with Gasteiger partial charge in [0.2, 0.25) is 10.3 Å². The van der Waals surface area contributed by atoms with Gasteiger partial charge in [0.25, 0.3) is 0 Å². The van der Waals surface area contributed by atoms with E-state index in [4.69, 9.17) is 34.7 Å². The van der Waals surface area contributed by atoms with Crippen molar-refractivity contribution < 1.29 is 5.11 Å². The predicted octanol–water partition coefficient (Wildman–Crippen LogP) is 3.05. The van der Waals surface area contributed by atoms with Crippen molar-refractivity contribution in [3.63, 3.8) is 0 Å². The highest BCUT2D eigenvalue weighted by molar-refractivity contribution is 7.18. The number of nitrogens with zero attached hydrogens (tertiary/aromatic N) is 3. The van der Waals surface area contributed by atoms with Crippen LogP contribution in [0.25, 0.3) is 0 Å². The van der Waals surface area contributed by atoms with Gasteiger partial charge in [-0.1, -0.05) is 34.5 Å². The number of phenols is 1. The number of halogens is 2. The number of phenolic OH excluding ortho intramolecular Hbond substituents is 1. The Morgan fingerprint density at radius 1 is 1.22 bits per heavy atom. The molecule has 2 aromatic rings. The molecule has 2 heterocycles. The average molecular weight is 374 g/mol. The molecule has 0 spiro atoms. The van der Waals surface area contributed by atoms with Crippen molar-refractivity contribution in [1.82, 2.24) is 10.2 Å². The van der Waals surface area contributed by atoms with Crippen molar-refractivity contribution in [3.8, 4) is 5.75 Å². The third-order valence-electron chi connectivity index (χ3n) is 4.18. The summed E-state index contributed by atoms with van der Waals surface area (Å²) in [4.78, 5) is 2.16. The summed E-state index contributed by atoms with van der Waals surface area (Å²) in [6, 6.07) is 2.81. The van der Waals surface area contributed by atoms with Crippen LogP contribution in [-0.2, 0) is 0 Å². The summed E-state index contributed by atoms with van der Waals surface area (Å²) in [5, 5.41) is 20.0. The molecule has 1 saturated heterocycles. The van der Waals surface area contributed by atoms with Gasteiger partial charge in [-0.3, -0.25) is 0 Å². The van der Waals surface area contributed by atoms with Crippen molar-refractivity contribution in [2.75, 3.05) is 23.7 Å². The first-order valence-electron chi connectivity index (χ1n) is 7.23. The van der Waals surface area contributed by atoms with E-state index in [9.17, 15) is 5.11 Å². The first-order chi connectivity index (χ1) is 11.0. The Kier molecular flexibility index (Phi) is 4.82. The van der Waals surface area contributed by atoms with Crippen LogP contribution >= 0.6 is 34.5 Å². The first-order valence-corrected chi connectivity index (χ1v) is 8.80. The summed E-state index contributed by atoms with van der Waals surface area (Å²) >= 11 is 13.3. The molecule has 6 nitrogen and oxygen atoms in total. The molecule has 0 aliphatic carbocycles. The lowest BCUT2D eigenvalue weighted by atomic mass is 9.86. The molecule has 1 aromatic heterocycles. The molecule has 1 aliphatic rings. The van der Waals surface area contributed by atoms with Crippen LogP contribution in [0, 0.1) is 5.92 Å². The highest BCUT2D eigenvalue weighted by atomic mass is 35.5. The average Bonchev–Trinajstić information content (AvgIpc) is 2.97. The molecule has 0 amide bonds. The maximum absolute atomic E-state index is 10.1. The molecule has 124 valence electrons. The van der Waals surface area contributed by atoms with Crippen LogP contribution in [0.2, 0.25) is 10.0 Å². The van der Waals surface area contributed by atoms with Crippen LogP contribution in [0.15, 0.2) is 12.1 Å². The lowest BCUT2D eigenvalue weighted by molar-refractivity contribution is 0.336. The number of nitrogens with two attached hydrogens (primary N) is 2. The van der Waals surface area contributed by atoms with Crippen LogP contribution in [-0.4, -0.2) is 28.4 Å². The quantitative estimate of drug-likeness (QED) is 0.763. The van der Waals surface area contributed by atoms with Gasteiger partial charge >= 0.3 is 0 Å². The Balaban J connectivity index is 1.68. The standard InChI is InChI=1S/C14H17Cl2N5OS/c15-9-5-8(11(22)6-10(9)16)12(17)7-1-3-21(4-2-7)14-20-19-13(18)23-14/h5-7,12,22H,1-4,17H2,(H2,18,19). The lowest BCUT2D eigenvalue weighted by Gasteiger charge is -2.34. The van der Waals surface area contributed by atoms with Crippen LogP contribution < -0.4 is 16.4 Å². The Morgan fingerprint density at radius 2 is 1.87 bits per heavy atom. The molecule has 5 N–H and O–H groups in total. The number of piperidine rings is 1. The van der Waals surface area contributed by atoms with E-state index in [-0.39, 0.29) is 17.7 Å². The van der Waals surface area contributed by atoms with Gasteiger partial charge in [-0.15, -0.1) is 10.2 Å². The molecular weight excluding hydrogens is 357 g/mol. The molecule has 1 atom stereocenters. The Labute approximate surface area is 148 Å². The molecule has 0 saturated carbocycles. The summed E-state index contributed by atoms with van der Waals surface area (Å²) in [5.41, 5.74) is 12.6. The fraction of sp³-hybridized carbons (Fsp3) is 0.429. The third-order valence-corrected chi connectivity index (χ3v) is 5.71. The number of benzene rings is 1. The number of rotatable bonds is 3. The minimum absolute atomic E-state index is 0.0891. The molecule has 3 rings (SSSR count). The van der Waals surface area contributed by atoms with Gasteiger partial charge in [0.15, 0.2) is 0 Å². The molecule has 0 bridgehead atoms. The summed E-state index contributed by atoms with van der Waals surface area (Å²) in [7, 11) is 0. The molecule has 0 radical (unpaired) electrons. The van der Waals surface area contributed by atoms with Crippen molar-refractivity contribution in [1.29, 1.82) is 0 Å². The van der Waals surface area contributed by atoms with Crippen molar-refractivity contribution >= 4 is 44.8 Å². The first kappa shape index (κ1) is 16.6. The molecule has 1 aromatic carbocycles. The maximum atomic E-state index is 10.1. The van der Waals surface area contributed by atoms with Gasteiger partial charge in [-0.25, -0.2) is 0 Å². The van der Waals surface area contributed by atoms with Crippen LogP contribution in [0.3, 0.4) is 0 Å². The second-order valence-corrected chi connectivity index (χ2v) is 7.40. The molecule has 9 heteroatoms. The number of hydrogen-bond donors (Lipinski definition) is 3. The van der Waals surface area contributed by atoms with Crippen LogP contribution in [0.4, 0.5) is 10.3 Å². The highest BCUT2D eigenvalue weighted by Crippen LogP contribution is 2.38. The highest BCUT2D eigenvalue weighted by Gasteiger charge is 2.28. The maximum Gasteiger partial charge on any atom is 0.209 e. The fourth-order valence-corrected chi connectivity index (χ4v) is 3.87. The van der Waals surface area contributed by atoms with Crippen LogP contribution in [0.5, 0.6) is 5.75 Å². The van der Waals surface area contributed by atoms with Crippen molar-refractivity contribution in [3.05, 3.63) is 27.7 Å². The summed E-state index contributed by atoms with van der Waals surface area (Å²) in [6.45, 7) is 1.66. The Morgan fingerprint density at radius 3 is 2.48 bits per heavy atom. The van der Waals surface area contributed by atoms with Gasteiger partial charge in [0, 0.05) is 30.8 Å². The second-order valence-electron chi connectivity index (χ2n) is 5.60. The van der Waals surface area contributed by atoms with E-state index in [1.807, 2.05) is 0 Å². The lowest BCUT2D eigenvalue weighted by Crippen LogP contribution is -2.37. The number of aromatic nitrogens is 2. The minimum atomic E-state index is -0.286. The topological polar surface area (TPSA) is 101 Å². The number of aromatic hydroxyl groups is 1. The monoisotopic (exact) mass is 373 g/mol. The zero-order valence-electron chi connectivity index (χ0n) is 12.2. The molecule has 23 heavy (non-hydrogen) atoms. The second kappa shape index (κ2) is 6.68. The Bertz CT molecular complexity index is 702. The Hall–Kier alpha value is -1.28. The summed E-state index contributed by atoms with van der Waals surface area (Å²) in [5.74, 6) is 0.339. The van der Waals surface area contributed by atoms with E-state index < -0.39 is 0 Å². The molecule has 1 aliphatic heterocycles. The number of nitrogen functional groups attached to an aromatic ring is 1. The predicted molar refractivity (Wildman–Crippen MR) is 94.3 cm³/mol. The van der Waals surface area contributed by atoms with Crippen molar-refractivity contribution in [2.24, 2.45) is 11.7 Å². The van der Waals surface area contributed by atoms with E-state index in [1.165, 1.54) is 17.4 Å². The number of hydrogen-bond acceptors (Lipinski definition) is 7. The van der Waals surface area contributed by atoms with E-state index in [0.29, 0.717) is 20.7 Å². The zero-order chi connectivity index (χ0) is 16.6.